The number of imidazole rings is 4. The fourth-order valence-electron chi connectivity index (χ4n) is 10.3. The second-order valence-electron chi connectivity index (χ2n) is 19.8. The molecule has 0 radical (unpaired) electrons. The van der Waals surface area contributed by atoms with E-state index in [2.05, 4.69) is 52.2 Å². The molecule has 4 fully saturated rings. The molecule has 0 bridgehead atoms. The van der Waals surface area contributed by atoms with Gasteiger partial charge in [0.2, 0.25) is 17.8 Å². The molecule has 9 N–H and O–H groups in total. The van der Waals surface area contributed by atoms with E-state index in [0.717, 1.165) is 37.1 Å². The number of aliphatic hydroxyl groups is 2. The zero-order valence-electron chi connectivity index (χ0n) is 42.7. The van der Waals surface area contributed by atoms with Crippen LogP contribution in [0.4, 0.5) is 28.3 Å². The van der Waals surface area contributed by atoms with Gasteiger partial charge in [-0.15, -0.1) is 0 Å². The number of hydrogen-bond acceptors (Lipinski definition) is 19. The van der Waals surface area contributed by atoms with Gasteiger partial charge in [-0.1, -0.05) is 0 Å². The molecule has 0 aromatic carbocycles. The predicted molar refractivity (Wildman–Crippen MR) is 274 cm³/mol. The number of rotatable bonds is 19. The van der Waals surface area contributed by atoms with Crippen LogP contribution in [0.3, 0.4) is 0 Å². The Labute approximate surface area is 432 Å². The van der Waals surface area contributed by atoms with Gasteiger partial charge in [0.25, 0.3) is 5.91 Å². The number of carbonyl (C=O) groups excluding carboxylic acids is 3. The number of nitrogens with one attached hydrogen (secondary N) is 7. The van der Waals surface area contributed by atoms with E-state index >= 15 is 0 Å². The van der Waals surface area contributed by atoms with Crippen molar-refractivity contribution in [2.45, 2.75) is 133 Å². The van der Waals surface area contributed by atoms with Crippen molar-refractivity contribution in [2.75, 3.05) is 60.5 Å². The predicted octanol–water partition coefficient (Wildman–Crippen LogP) is 1.32. The third-order valence-electron chi connectivity index (χ3n) is 14.3. The van der Waals surface area contributed by atoms with Gasteiger partial charge in [-0.2, -0.15) is 19.9 Å². The quantitative estimate of drug-likeness (QED) is 0.0552. The van der Waals surface area contributed by atoms with E-state index in [1.807, 2.05) is 52.0 Å². The first kappa shape index (κ1) is 51.3. The molecule has 4 amide bonds. The number of aromatic nitrogens is 12. The van der Waals surface area contributed by atoms with Crippen LogP contribution in [-0.2, 0) is 46.0 Å². The van der Waals surface area contributed by atoms with Gasteiger partial charge in [-0.05, 0) is 65.2 Å². The van der Waals surface area contributed by atoms with Crippen LogP contribution in [0.5, 0.6) is 0 Å². The van der Waals surface area contributed by atoms with E-state index in [1.165, 1.54) is 10.9 Å². The highest BCUT2D eigenvalue weighted by Crippen LogP contribution is 2.35. The number of ether oxygens (including phenoxy) is 2. The van der Waals surface area contributed by atoms with Crippen LogP contribution in [0.2, 0.25) is 0 Å². The van der Waals surface area contributed by atoms with Crippen molar-refractivity contribution in [1.29, 1.82) is 0 Å². The largest absolute Gasteiger partial charge is 0.387 e. The molecule has 75 heavy (non-hydrogen) atoms. The highest BCUT2D eigenvalue weighted by molar-refractivity contribution is 5.86. The van der Waals surface area contributed by atoms with Crippen molar-refractivity contribution < 1.29 is 34.1 Å². The summed E-state index contributed by atoms with van der Waals surface area (Å²) < 4.78 is 19.3. The first-order chi connectivity index (χ1) is 36.4. The fraction of sp³-hybridized carbons (Fsp3) is 0.604. The highest BCUT2D eigenvalue weighted by atomic mass is 16.6. The molecule has 6 aromatic rings. The van der Waals surface area contributed by atoms with Gasteiger partial charge in [-0.3, -0.25) is 18.7 Å². The minimum absolute atomic E-state index is 0.00464. The van der Waals surface area contributed by atoms with Crippen LogP contribution >= 0.6 is 0 Å². The summed E-state index contributed by atoms with van der Waals surface area (Å²) in [5.41, 5.74) is 3.82. The monoisotopic (exact) mass is 1040 g/mol. The molecular weight excluding hydrogens is 969 g/mol. The van der Waals surface area contributed by atoms with Crippen molar-refractivity contribution in [1.82, 2.24) is 79.0 Å². The molecule has 3 saturated heterocycles. The third kappa shape index (κ3) is 11.5. The Kier molecular flexibility index (Phi) is 15.5. The summed E-state index contributed by atoms with van der Waals surface area (Å²) in [6, 6.07) is -0.0606. The Morgan fingerprint density at radius 2 is 1.17 bits per heavy atom. The molecule has 6 aromatic heterocycles. The molecule has 0 spiro atoms. The average Bonchev–Trinajstić information content (AvgIpc) is 4.29. The SMILES string of the molecule is CCNC(=O)[C@@H]1CC[C@H](n2cnc3c(NC4CCC(NC(=O)N5CCC(Nc6nc(NCCc7cn(C)cn7)nc7c6ncn7[C@@H]6O[C@H](C(=O)NCC)[C@@H](O)[C@H]6O)CC5)CC4)nc(NCCc4cn(C)cn4)nc32)O1. The Hall–Kier alpha value is -7.23. The summed E-state index contributed by atoms with van der Waals surface area (Å²) in [6.07, 6.45) is 11.3. The van der Waals surface area contributed by atoms with Gasteiger partial charge in [0.15, 0.2) is 46.3 Å². The summed E-state index contributed by atoms with van der Waals surface area (Å²) in [5.74, 6) is 1.16. The maximum atomic E-state index is 13.8. The normalized spacial score (nSPS) is 24.2. The first-order valence-electron chi connectivity index (χ1n) is 26.1. The van der Waals surface area contributed by atoms with Crippen molar-refractivity contribution >= 4 is 63.7 Å². The van der Waals surface area contributed by atoms with Crippen molar-refractivity contribution in [3.05, 3.63) is 49.1 Å². The molecule has 27 nitrogen and oxygen atoms in total. The number of anilines is 4. The second kappa shape index (κ2) is 22.7. The first-order valence-corrected chi connectivity index (χ1v) is 26.1. The zero-order chi connectivity index (χ0) is 52.2. The molecule has 9 heterocycles. The smallest absolute Gasteiger partial charge is 0.317 e. The van der Waals surface area contributed by atoms with Gasteiger partial charge in [0, 0.05) is 96.7 Å². The Bertz CT molecular complexity index is 2940. The van der Waals surface area contributed by atoms with E-state index in [-0.39, 0.29) is 30.1 Å². The third-order valence-corrected chi connectivity index (χ3v) is 14.3. The van der Waals surface area contributed by atoms with E-state index < -0.39 is 42.8 Å². The lowest BCUT2D eigenvalue weighted by Crippen LogP contribution is -2.50. The molecule has 10 rings (SSSR count). The average molecular weight is 1040 g/mol. The second-order valence-corrected chi connectivity index (χ2v) is 19.8. The lowest BCUT2D eigenvalue weighted by atomic mass is 9.91. The minimum atomic E-state index is -1.47. The molecule has 0 unspecified atom stereocenters. The molecule has 1 aliphatic carbocycles. The summed E-state index contributed by atoms with van der Waals surface area (Å²) in [7, 11) is 3.85. The molecule has 4 aliphatic rings. The number of urea groups is 1. The Morgan fingerprint density at radius 1 is 0.627 bits per heavy atom. The van der Waals surface area contributed by atoms with Crippen LogP contribution in [0.1, 0.15) is 89.1 Å². The lowest BCUT2D eigenvalue weighted by molar-refractivity contribution is -0.137. The van der Waals surface area contributed by atoms with Gasteiger partial charge in [-0.25, -0.2) is 24.7 Å². The molecular formula is C48H68N20O7. The number of fused-ring (bicyclic) bond motifs is 2. The summed E-state index contributed by atoms with van der Waals surface area (Å²) in [4.78, 5) is 78.5. The number of aryl methyl sites for hydroxylation is 2. The number of nitrogens with zero attached hydrogens (tertiary/aromatic N) is 13. The van der Waals surface area contributed by atoms with Gasteiger partial charge < -0.3 is 70.9 Å². The summed E-state index contributed by atoms with van der Waals surface area (Å²) >= 11 is 0. The van der Waals surface area contributed by atoms with Gasteiger partial charge in [0.1, 0.15) is 24.5 Å². The molecule has 6 atom stereocenters. The number of likely N-dealkylation sites (N-methyl/N-ethyl adjacent to an activating group) is 2. The fourth-order valence-corrected chi connectivity index (χ4v) is 10.3. The van der Waals surface area contributed by atoms with Crippen LogP contribution < -0.4 is 37.2 Å². The van der Waals surface area contributed by atoms with E-state index in [9.17, 15) is 24.6 Å². The van der Waals surface area contributed by atoms with Crippen LogP contribution in [0, 0.1) is 0 Å². The van der Waals surface area contributed by atoms with Gasteiger partial charge in [0.05, 0.1) is 36.7 Å². The van der Waals surface area contributed by atoms with E-state index in [0.29, 0.717) is 124 Å². The van der Waals surface area contributed by atoms with Crippen LogP contribution in [-0.4, -0.2) is 173 Å². The van der Waals surface area contributed by atoms with Crippen LogP contribution in [0.15, 0.2) is 37.7 Å². The van der Waals surface area contributed by atoms with E-state index in [1.54, 1.807) is 25.9 Å². The number of carbonyl (C=O) groups is 3. The minimum Gasteiger partial charge on any atom is -0.387 e. The maximum absolute atomic E-state index is 13.8. The lowest BCUT2D eigenvalue weighted by Gasteiger charge is -2.35. The number of aliphatic hydroxyl groups excluding tert-OH is 2. The summed E-state index contributed by atoms with van der Waals surface area (Å²) in [5, 5.41) is 44.6. The van der Waals surface area contributed by atoms with Crippen molar-refractivity contribution in [2.24, 2.45) is 14.1 Å². The number of amides is 4. The summed E-state index contributed by atoms with van der Waals surface area (Å²) in [6.45, 7) is 6.60. The molecule has 1 saturated carbocycles. The molecule has 402 valence electrons. The molecule has 27 heteroatoms. The van der Waals surface area contributed by atoms with Crippen molar-refractivity contribution in [3.8, 4) is 0 Å². The topological polar surface area (TPSA) is 320 Å². The highest BCUT2D eigenvalue weighted by Gasteiger charge is 2.48. The Balaban J connectivity index is 0.754. The van der Waals surface area contributed by atoms with Crippen LogP contribution in [0.25, 0.3) is 22.3 Å². The zero-order valence-corrected chi connectivity index (χ0v) is 42.7. The number of piperidine rings is 1. The Morgan fingerprint density at radius 3 is 1.75 bits per heavy atom. The van der Waals surface area contributed by atoms with E-state index in [4.69, 9.17) is 34.4 Å². The maximum Gasteiger partial charge on any atom is 0.317 e. The number of likely N-dealkylation sites (tertiary alicyclic amines) is 1. The van der Waals surface area contributed by atoms with Gasteiger partial charge >= 0.3 is 6.03 Å². The number of hydrogen-bond donors (Lipinski definition) is 9. The standard InChI is InChI=1S/C48H68N20O7/c1-5-49-43(71)32-11-12-33(74-32)67-25-55-34-39(60-46(62-41(34)67)51-17-13-30-21-64(3)23-53-30)57-27-7-9-28(10-8-27)59-48(73)66-19-15-29(16-20-66)58-40-35-42(63-47(61-40)52-18-14-31-22-65(4)24-54-31)68(26-56-35)45-37(70)36(69)38(75-45)44(72)50-6-2/h21-29,32-33,36-38,45,69-70H,5-20H2,1-4H3,(H,49,71)(H,50,72)(H,59,73)(H2,51,57,60,62)(H2,52,58,61,63)/t27?,28?,32-,33+,36-,37+,38-,45+/m0/s1. The molecule has 3 aliphatic heterocycles. The van der Waals surface area contributed by atoms with Crippen molar-refractivity contribution in [3.63, 3.8) is 0 Å².